The van der Waals surface area contributed by atoms with Gasteiger partial charge < -0.3 is 20.5 Å². The van der Waals surface area contributed by atoms with Gasteiger partial charge in [0.1, 0.15) is 5.75 Å². The van der Waals surface area contributed by atoms with Crippen LogP contribution in [0.5, 0.6) is 5.75 Å². The Morgan fingerprint density at radius 2 is 1.63 bits per heavy atom. The third-order valence-electron chi connectivity index (χ3n) is 3.82. The third-order valence-corrected chi connectivity index (χ3v) is 3.82. The fraction of sp³-hybridized carbons (Fsp3) is 0.550. The molecule has 0 bridgehead atoms. The second kappa shape index (κ2) is 8.88. The van der Waals surface area contributed by atoms with Crippen molar-refractivity contribution in [2.75, 3.05) is 19.8 Å². The molecule has 0 fully saturated rings. The van der Waals surface area contributed by atoms with Gasteiger partial charge in [0.25, 0.3) is 5.91 Å². The zero-order chi connectivity index (χ0) is 20.8. The minimum absolute atomic E-state index is 0.00423. The molecule has 0 radical (unpaired) electrons. The maximum atomic E-state index is 11.8. The monoisotopic (exact) mass is 378 g/mol. The van der Waals surface area contributed by atoms with Crippen molar-refractivity contribution < 1.29 is 23.9 Å². The van der Waals surface area contributed by atoms with E-state index in [-0.39, 0.29) is 24.0 Å². The summed E-state index contributed by atoms with van der Waals surface area (Å²) in [5.74, 6) is -1.35. The van der Waals surface area contributed by atoms with Crippen LogP contribution in [0.3, 0.4) is 0 Å². The summed E-state index contributed by atoms with van der Waals surface area (Å²) in [4.78, 5) is 33.8. The zero-order valence-electron chi connectivity index (χ0n) is 17.0. The van der Waals surface area contributed by atoms with E-state index in [4.69, 9.17) is 15.2 Å². The number of esters is 1. The number of carbonyl (C=O) groups excluding carboxylic acids is 3. The molecule has 150 valence electrons. The van der Waals surface area contributed by atoms with Gasteiger partial charge in [-0.2, -0.15) is 0 Å². The lowest BCUT2D eigenvalue weighted by Gasteiger charge is -2.27. The summed E-state index contributed by atoms with van der Waals surface area (Å²) < 4.78 is 10.5. The number of hydrogen-bond acceptors (Lipinski definition) is 5. The van der Waals surface area contributed by atoms with E-state index in [0.717, 1.165) is 5.56 Å². The molecule has 0 heterocycles. The van der Waals surface area contributed by atoms with Crippen LogP contribution in [-0.4, -0.2) is 37.5 Å². The summed E-state index contributed by atoms with van der Waals surface area (Å²) in [6, 6.07) is 5.93. The number of primary amides is 1. The molecule has 1 aromatic rings. The van der Waals surface area contributed by atoms with Crippen molar-refractivity contribution >= 4 is 17.8 Å². The topological polar surface area (TPSA) is 108 Å². The van der Waals surface area contributed by atoms with E-state index in [1.54, 1.807) is 0 Å². The molecule has 27 heavy (non-hydrogen) atoms. The molecule has 7 nitrogen and oxygen atoms in total. The Morgan fingerprint density at radius 1 is 1.00 bits per heavy atom. The third kappa shape index (κ3) is 7.68. The largest absolute Gasteiger partial charge is 0.482 e. The summed E-state index contributed by atoms with van der Waals surface area (Å²) >= 11 is 0. The van der Waals surface area contributed by atoms with Gasteiger partial charge in [-0.25, -0.2) is 4.79 Å². The number of benzene rings is 1. The van der Waals surface area contributed by atoms with E-state index in [2.05, 4.69) is 52.9 Å². The Bertz CT molecular complexity index is 699. The fourth-order valence-corrected chi connectivity index (χ4v) is 2.27. The first-order chi connectivity index (χ1) is 12.3. The van der Waals surface area contributed by atoms with Gasteiger partial charge in [0.15, 0.2) is 13.2 Å². The fourth-order valence-electron chi connectivity index (χ4n) is 2.27. The molecule has 2 amide bonds. The van der Waals surface area contributed by atoms with Gasteiger partial charge in [-0.15, -0.1) is 0 Å². The molecule has 7 heteroatoms. The van der Waals surface area contributed by atoms with E-state index < -0.39 is 24.4 Å². The lowest BCUT2D eigenvalue weighted by molar-refractivity contribution is -0.150. The number of amides is 2. The van der Waals surface area contributed by atoms with Crippen LogP contribution >= 0.6 is 0 Å². The van der Waals surface area contributed by atoms with E-state index in [0.29, 0.717) is 5.75 Å². The average molecular weight is 378 g/mol. The van der Waals surface area contributed by atoms with Gasteiger partial charge in [0.05, 0.1) is 6.54 Å². The van der Waals surface area contributed by atoms with Crippen molar-refractivity contribution in [3.63, 3.8) is 0 Å². The Morgan fingerprint density at radius 3 is 2.15 bits per heavy atom. The summed E-state index contributed by atoms with van der Waals surface area (Å²) in [7, 11) is 0. The highest BCUT2D eigenvalue weighted by atomic mass is 16.6. The van der Waals surface area contributed by atoms with Crippen molar-refractivity contribution in [1.82, 2.24) is 5.32 Å². The number of carbonyl (C=O) groups is 3. The van der Waals surface area contributed by atoms with E-state index in [9.17, 15) is 14.4 Å². The van der Waals surface area contributed by atoms with Crippen LogP contribution < -0.4 is 15.8 Å². The van der Waals surface area contributed by atoms with Crippen molar-refractivity contribution in [3.05, 3.63) is 29.3 Å². The molecule has 0 aliphatic heterocycles. The minimum Gasteiger partial charge on any atom is -0.482 e. The smallest absolute Gasteiger partial charge is 0.344 e. The Kier molecular flexibility index (Phi) is 7.39. The summed E-state index contributed by atoms with van der Waals surface area (Å²) in [6.07, 6.45) is 0. The van der Waals surface area contributed by atoms with Crippen LogP contribution in [0.25, 0.3) is 0 Å². The van der Waals surface area contributed by atoms with Gasteiger partial charge in [-0.3, -0.25) is 9.59 Å². The molecule has 0 aliphatic rings. The molecule has 1 rings (SSSR count). The van der Waals surface area contributed by atoms with Gasteiger partial charge in [-0.1, -0.05) is 53.7 Å². The molecule has 0 aromatic heterocycles. The second-order valence-electron chi connectivity index (χ2n) is 8.40. The van der Waals surface area contributed by atoms with Crippen molar-refractivity contribution in [2.24, 2.45) is 5.73 Å². The molecule has 0 saturated heterocycles. The number of nitrogens with one attached hydrogen (secondary N) is 1. The lowest BCUT2D eigenvalue weighted by Crippen LogP contribution is -2.36. The Hall–Kier alpha value is -2.57. The summed E-state index contributed by atoms with van der Waals surface area (Å²) in [5.41, 5.74) is 6.90. The van der Waals surface area contributed by atoms with Crippen LogP contribution in [0.2, 0.25) is 0 Å². The summed E-state index contributed by atoms with van der Waals surface area (Å²) in [5, 5.41) is 2.23. The molecular weight excluding hydrogens is 348 g/mol. The Balaban J connectivity index is 2.72. The zero-order valence-corrected chi connectivity index (χ0v) is 17.0. The predicted molar refractivity (Wildman–Crippen MR) is 103 cm³/mol. The molecule has 0 atom stereocenters. The highest BCUT2D eigenvalue weighted by molar-refractivity contribution is 5.85. The van der Waals surface area contributed by atoms with Crippen LogP contribution in [0, 0.1) is 0 Å². The van der Waals surface area contributed by atoms with Crippen LogP contribution in [0.1, 0.15) is 52.7 Å². The quantitative estimate of drug-likeness (QED) is 0.704. The molecular formula is C20H30N2O5. The maximum Gasteiger partial charge on any atom is 0.344 e. The van der Waals surface area contributed by atoms with Gasteiger partial charge in [0, 0.05) is 0 Å². The molecule has 0 aliphatic carbocycles. The van der Waals surface area contributed by atoms with Gasteiger partial charge in [0.2, 0.25) is 5.91 Å². The van der Waals surface area contributed by atoms with E-state index in [1.807, 2.05) is 12.1 Å². The first kappa shape index (κ1) is 22.5. The predicted octanol–water partition coefficient (Wildman–Crippen LogP) is 1.81. The van der Waals surface area contributed by atoms with Crippen molar-refractivity contribution in [3.8, 4) is 5.75 Å². The number of rotatable bonds is 7. The molecule has 0 saturated carbocycles. The van der Waals surface area contributed by atoms with Crippen LogP contribution in [0.4, 0.5) is 0 Å². The number of nitrogens with two attached hydrogens (primary N) is 1. The van der Waals surface area contributed by atoms with E-state index >= 15 is 0 Å². The van der Waals surface area contributed by atoms with Gasteiger partial charge in [-0.05, 0) is 28.0 Å². The number of ether oxygens (including phenoxy) is 2. The normalized spacial score (nSPS) is 11.6. The van der Waals surface area contributed by atoms with Crippen molar-refractivity contribution in [2.45, 2.75) is 52.4 Å². The highest BCUT2D eigenvalue weighted by Gasteiger charge is 2.23. The molecule has 0 spiro atoms. The molecule has 1 aromatic carbocycles. The highest BCUT2D eigenvalue weighted by Crippen LogP contribution is 2.35. The minimum atomic E-state index is -0.677. The lowest BCUT2D eigenvalue weighted by atomic mass is 9.80. The van der Waals surface area contributed by atoms with Crippen LogP contribution in [-0.2, 0) is 30.0 Å². The average Bonchev–Trinajstić information content (AvgIpc) is 2.54. The number of hydrogen-bond donors (Lipinski definition) is 2. The first-order valence-corrected chi connectivity index (χ1v) is 8.79. The standard InChI is InChI=1S/C20H30N2O5/c1-19(2,3)13-7-8-15(14(9-13)20(4,5)6)26-12-18(25)27-11-17(24)22-10-16(21)23/h7-9H,10-12H2,1-6H3,(H2,21,23)(H,22,24). The maximum absolute atomic E-state index is 11.8. The second-order valence-corrected chi connectivity index (χ2v) is 8.40. The Labute approximate surface area is 160 Å². The van der Waals surface area contributed by atoms with E-state index in [1.165, 1.54) is 5.56 Å². The van der Waals surface area contributed by atoms with Crippen molar-refractivity contribution in [1.29, 1.82) is 0 Å². The SMILES string of the molecule is CC(C)(C)c1ccc(OCC(=O)OCC(=O)NCC(N)=O)c(C(C)(C)C)c1. The summed E-state index contributed by atoms with van der Waals surface area (Å²) in [6.45, 7) is 11.5. The first-order valence-electron chi connectivity index (χ1n) is 8.79. The van der Waals surface area contributed by atoms with Crippen LogP contribution in [0.15, 0.2) is 18.2 Å². The molecule has 0 unspecified atom stereocenters. The van der Waals surface area contributed by atoms with Gasteiger partial charge >= 0.3 is 5.97 Å². The molecule has 3 N–H and O–H groups in total.